The van der Waals surface area contributed by atoms with Crippen molar-refractivity contribution < 1.29 is 9.84 Å². The zero-order chi connectivity index (χ0) is 15.2. The maximum Gasteiger partial charge on any atom is 0.142 e. The van der Waals surface area contributed by atoms with Gasteiger partial charge in [-0.25, -0.2) is 0 Å². The largest absolute Gasteiger partial charge is 0.489 e. The number of rotatable bonds is 6. The van der Waals surface area contributed by atoms with E-state index in [1.165, 1.54) is 0 Å². The number of benzene rings is 2. The Bertz CT molecular complexity index is 617. The molecule has 2 aromatic carbocycles. The number of hydrogen-bond acceptors (Lipinski definition) is 6. The highest BCUT2D eigenvalue weighted by Crippen LogP contribution is 2.28. The average molecular weight is 288 g/mol. The van der Waals surface area contributed by atoms with Gasteiger partial charge < -0.3 is 32.4 Å². The summed E-state index contributed by atoms with van der Waals surface area (Å²) in [5.41, 5.74) is 21.0. The van der Waals surface area contributed by atoms with E-state index >= 15 is 0 Å². The van der Waals surface area contributed by atoms with Gasteiger partial charge >= 0.3 is 0 Å². The third kappa shape index (κ3) is 3.93. The third-order valence-corrected chi connectivity index (χ3v) is 2.99. The van der Waals surface area contributed by atoms with Crippen molar-refractivity contribution >= 4 is 22.7 Å². The van der Waals surface area contributed by atoms with Crippen LogP contribution in [-0.2, 0) is 6.54 Å². The Labute approximate surface area is 123 Å². The Morgan fingerprint density at radius 1 is 1.00 bits per heavy atom. The normalized spacial score (nSPS) is 10.3. The smallest absolute Gasteiger partial charge is 0.142 e. The number of aliphatic hydroxyl groups excluding tert-OH is 1. The van der Waals surface area contributed by atoms with Gasteiger partial charge in [-0.05, 0) is 42.0 Å². The molecule has 0 saturated heterocycles. The molecule has 0 bridgehead atoms. The van der Waals surface area contributed by atoms with Crippen molar-refractivity contribution in [2.45, 2.75) is 6.54 Å². The lowest BCUT2D eigenvalue weighted by molar-refractivity contribution is 0.202. The van der Waals surface area contributed by atoms with Gasteiger partial charge in [-0.15, -0.1) is 0 Å². The second-order valence-electron chi connectivity index (χ2n) is 4.64. The molecule has 21 heavy (non-hydrogen) atoms. The van der Waals surface area contributed by atoms with Gasteiger partial charge in [-0.3, -0.25) is 0 Å². The highest BCUT2D eigenvalue weighted by Gasteiger charge is 2.06. The van der Waals surface area contributed by atoms with Crippen LogP contribution in [0.3, 0.4) is 0 Å². The fourth-order valence-electron chi connectivity index (χ4n) is 1.94. The first kappa shape index (κ1) is 14.8. The fraction of sp³-hybridized carbons (Fsp3) is 0.200. The van der Waals surface area contributed by atoms with Gasteiger partial charge in [0.1, 0.15) is 12.4 Å². The van der Waals surface area contributed by atoms with Crippen molar-refractivity contribution in [1.82, 2.24) is 0 Å². The van der Waals surface area contributed by atoms with Crippen molar-refractivity contribution in [2.24, 2.45) is 0 Å². The van der Waals surface area contributed by atoms with Gasteiger partial charge in [0.2, 0.25) is 0 Å². The molecule has 0 unspecified atom stereocenters. The Morgan fingerprint density at radius 2 is 1.71 bits per heavy atom. The number of anilines is 4. The van der Waals surface area contributed by atoms with E-state index in [0.29, 0.717) is 29.4 Å². The van der Waals surface area contributed by atoms with E-state index in [-0.39, 0.29) is 13.2 Å². The molecule has 0 aliphatic carbocycles. The van der Waals surface area contributed by atoms with E-state index in [4.69, 9.17) is 27.0 Å². The SMILES string of the molecule is Nc1ccc(N)c(CNc2cc(N)ccc2OCCO)c1. The van der Waals surface area contributed by atoms with Gasteiger partial charge in [0.25, 0.3) is 0 Å². The first-order valence-corrected chi connectivity index (χ1v) is 6.61. The molecule has 0 aliphatic rings. The van der Waals surface area contributed by atoms with Crippen LogP contribution in [0.15, 0.2) is 36.4 Å². The molecule has 2 rings (SSSR count). The van der Waals surface area contributed by atoms with Gasteiger partial charge in [-0.1, -0.05) is 0 Å². The van der Waals surface area contributed by atoms with Gasteiger partial charge in [0.15, 0.2) is 0 Å². The molecule has 8 N–H and O–H groups in total. The van der Waals surface area contributed by atoms with E-state index in [1.54, 1.807) is 30.3 Å². The first-order chi connectivity index (χ1) is 10.1. The summed E-state index contributed by atoms with van der Waals surface area (Å²) >= 11 is 0. The van der Waals surface area contributed by atoms with Gasteiger partial charge in [-0.2, -0.15) is 0 Å². The summed E-state index contributed by atoms with van der Waals surface area (Å²) in [6.45, 7) is 0.667. The van der Waals surface area contributed by atoms with E-state index < -0.39 is 0 Å². The zero-order valence-electron chi connectivity index (χ0n) is 11.7. The van der Waals surface area contributed by atoms with Crippen LogP contribution in [0, 0.1) is 0 Å². The minimum atomic E-state index is -0.0496. The predicted molar refractivity (Wildman–Crippen MR) is 86.0 cm³/mol. The molecule has 0 radical (unpaired) electrons. The van der Waals surface area contributed by atoms with Crippen molar-refractivity contribution in [2.75, 3.05) is 35.7 Å². The predicted octanol–water partition coefficient (Wildman–Crippen LogP) is 1.42. The summed E-state index contributed by atoms with van der Waals surface area (Å²) in [6, 6.07) is 10.6. The number of aliphatic hydroxyl groups is 1. The standard InChI is InChI=1S/C15H20N4O2/c16-11-1-3-13(18)10(7-11)9-19-14-8-12(17)2-4-15(14)21-6-5-20/h1-4,7-8,19-20H,5-6,9,16-18H2. The Hall–Kier alpha value is -2.60. The van der Waals surface area contributed by atoms with Crippen LogP contribution in [0.5, 0.6) is 5.75 Å². The quantitative estimate of drug-likeness (QED) is 0.513. The van der Waals surface area contributed by atoms with Crippen LogP contribution < -0.4 is 27.3 Å². The number of nitrogen functional groups attached to an aromatic ring is 3. The topological polar surface area (TPSA) is 120 Å². The molecular weight excluding hydrogens is 268 g/mol. The minimum Gasteiger partial charge on any atom is -0.489 e. The fourth-order valence-corrected chi connectivity index (χ4v) is 1.94. The Morgan fingerprint density at radius 3 is 2.48 bits per heavy atom. The zero-order valence-corrected chi connectivity index (χ0v) is 11.7. The molecule has 0 spiro atoms. The lowest BCUT2D eigenvalue weighted by atomic mass is 10.1. The summed E-state index contributed by atoms with van der Waals surface area (Å²) in [5, 5.41) is 12.1. The van der Waals surface area contributed by atoms with Crippen molar-refractivity contribution in [3.63, 3.8) is 0 Å². The molecule has 0 heterocycles. The molecule has 0 aromatic heterocycles. The molecule has 6 heteroatoms. The molecule has 0 atom stereocenters. The van der Waals surface area contributed by atoms with Crippen molar-refractivity contribution in [3.8, 4) is 5.75 Å². The summed E-state index contributed by atoms with van der Waals surface area (Å²) < 4.78 is 5.46. The monoisotopic (exact) mass is 288 g/mol. The summed E-state index contributed by atoms with van der Waals surface area (Å²) in [7, 11) is 0. The van der Waals surface area contributed by atoms with Gasteiger partial charge in [0, 0.05) is 23.6 Å². The molecule has 112 valence electrons. The average Bonchev–Trinajstić information content (AvgIpc) is 2.47. The number of nitrogens with two attached hydrogens (primary N) is 3. The maximum absolute atomic E-state index is 8.85. The highest BCUT2D eigenvalue weighted by molar-refractivity contribution is 5.64. The van der Waals surface area contributed by atoms with Crippen LogP contribution in [0.2, 0.25) is 0 Å². The molecule has 0 amide bonds. The van der Waals surface area contributed by atoms with E-state index in [9.17, 15) is 0 Å². The molecule has 0 saturated carbocycles. The molecule has 0 fully saturated rings. The van der Waals surface area contributed by atoms with Crippen LogP contribution in [0.4, 0.5) is 22.7 Å². The maximum atomic E-state index is 8.85. The van der Waals surface area contributed by atoms with Crippen LogP contribution in [0.1, 0.15) is 5.56 Å². The highest BCUT2D eigenvalue weighted by atomic mass is 16.5. The summed E-state index contributed by atoms with van der Waals surface area (Å²) in [6.07, 6.45) is 0. The summed E-state index contributed by atoms with van der Waals surface area (Å²) in [5.74, 6) is 0.626. The van der Waals surface area contributed by atoms with Crippen molar-refractivity contribution in [3.05, 3.63) is 42.0 Å². The summed E-state index contributed by atoms with van der Waals surface area (Å²) in [4.78, 5) is 0. The third-order valence-electron chi connectivity index (χ3n) is 2.99. The second kappa shape index (κ2) is 6.71. The van der Waals surface area contributed by atoms with E-state index in [2.05, 4.69) is 5.32 Å². The molecular formula is C15H20N4O2. The second-order valence-corrected chi connectivity index (χ2v) is 4.64. The lowest BCUT2D eigenvalue weighted by Gasteiger charge is -2.14. The lowest BCUT2D eigenvalue weighted by Crippen LogP contribution is -2.08. The van der Waals surface area contributed by atoms with Crippen molar-refractivity contribution in [1.29, 1.82) is 0 Å². The number of ether oxygens (including phenoxy) is 1. The Balaban J connectivity index is 2.14. The minimum absolute atomic E-state index is 0.0496. The van der Waals surface area contributed by atoms with Crippen LogP contribution >= 0.6 is 0 Å². The number of hydrogen-bond donors (Lipinski definition) is 5. The first-order valence-electron chi connectivity index (χ1n) is 6.61. The van der Waals surface area contributed by atoms with Crippen LogP contribution in [-0.4, -0.2) is 18.3 Å². The number of nitrogens with one attached hydrogen (secondary N) is 1. The van der Waals surface area contributed by atoms with Gasteiger partial charge in [0.05, 0.1) is 12.3 Å². The molecule has 6 nitrogen and oxygen atoms in total. The van der Waals surface area contributed by atoms with E-state index in [1.807, 2.05) is 6.07 Å². The molecule has 2 aromatic rings. The Kier molecular flexibility index (Phi) is 4.73. The van der Waals surface area contributed by atoms with E-state index in [0.717, 1.165) is 11.3 Å². The van der Waals surface area contributed by atoms with Crippen LogP contribution in [0.25, 0.3) is 0 Å². The molecule has 0 aliphatic heterocycles.